The van der Waals surface area contributed by atoms with Crippen LogP contribution in [0.25, 0.3) is 0 Å². The molecule has 1 fully saturated rings. The van der Waals surface area contributed by atoms with E-state index in [2.05, 4.69) is 0 Å². The molecule has 2 rings (SSSR count). The van der Waals surface area contributed by atoms with Crippen LogP contribution in [0.4, 0.5) is 5.69 Å². The normalized spacial score (nSPS) is 21.1. The fourth-order valence-corrected chi connectivity index (χ4v) is 2.42. The van der Waals surface area contributed by atoms with Crippen molar-refractivity contribution in [3.8, 4) is 5.75 Å². The molecule has 0 bridgehead atoms. The fraction of sp³-hybridized carbons (Fsp3) is 0.500. The molecule has 2 unspecified atom stereocenters. The molecule has 21 heavy (non-hydrogen) atoms. The molecule has 1 saturated carbocycles. The van der Waals surface area contributed by atoms with E-state index < -0.39 is 4.92 Å². The van der Waals surface area contributed by atoms with Crippen molar-refractivity contribution >= 4 is 11.6 Å². The van der Waals surface area contributed by atoms with Crippen LogP contribution in [0.2, 0.25) is 0 Å². The molecule has 1 aromatic rings. The smallest absolute Gasteiger partial charge is 0.311 e. The Morgan fingerprint density at radius 3 is 2.67 bits per heavy atom. The minimum absolute atomic E-state index is 0.104. The van der Waals surface area contributed by atoms with Crippen molar-refractivity contribution < 1.29 is 14.5 Å². The van der Waals surface area contributed by atoms with Crippen molar-refractivity contribution in [3.63, 3.8) is 0 Å². The second-order valence-corrected chi connectivity index (χ2v) is 5.39. The highest BCUT2D eigenvalue weighted by Crippen LogP contribution is 2.32. The second-order valence-electron chi connectivity index (χ2n) is 5.39. The van der Waals surface area contributed by atoms with Crippen LogP contribution in [-0.2, 0) is 0 Å². The van der Waals surface area contributed by atoms with E-state index in [0.29, 0.717) is 0 Å². The zero-order valence-electron chi connectivity index (χ0n) is 12.1. The van der Waals surface area contributed by atoms with Gasteiger partial charge < -0.3 is 15.4 Å². The maximum Gasteiger partial charge on any atom is 0.311 e. The fourth-order valence-electron chi connectivity index (χ4n) is 2.42. The van der Waals surface area contributed by atoms with E-state index in [1.54, 1.807) is 14.1 Å². The summed E-state index contributed by atoms with van der Waals surface area (Å²) in [6, 6.07) is 4.15. The molecule has 0 aliphatic heterocycles. The minimum atomic E-state index is -0.539. The number of carbonyl (C=O) groups is 1. The van der Waals surface area contributed by atoms with Crippen LogP contribution < -0.4 is 10.5 Å². The maximum atomic E-state index is 11.9. The SMILES string of the molecule is CN(C)C(=O)c1ccc(OC2CCCC2N)c([N+](=O)[O-])c1. The molecule has 1 amide bonds. The number of nitrogens with zero attached hydrogens (tertiary/aromatic N) is 2. The van der Waals surface area contributed by atoms with E-state index in [1.165, 1.54) is 23.1 Å². The molecule has 7 nitrogen and oxygen atoms in total. The van der Waals surface area contributed by atoms with Crippen molar-refractivity contribution in [2.24, 2.45) is 5.73 Å². The van der Waals surface area contributed by atoms with Crippen LogP contribution >= 0.6 is 0 Å². The monoisotopic (exact) mass is 293 g/mol. The number of nitrogens with two attached hydrogens (primary N) is 1. The number of hydrogen-bond donors (Lipinski definition) is 1. The quantitative estimate of drug-likeness (QED) is 0.671. The number of benzene rings is 1. The van der Waals surface area contributed by atoms with Crippen molar-refractivity contribution in [1.82, 2.24) is 4.90 Å². The van der Waals surface area contributed by atoms with Crippen LogP contribution in [0.5, 0.6) is 5.75 Å². The average molecular weight is 293 g/mol. The Kier molecular flexibility index (Phi) is 4.42. The molecule has 1 aliphatic rings. The van der Waals surface area contributed by atoms with Crippen molar-refractivity contribution in [2.45, 2.75) is 31.4 Å². The highest BCUT2D eigenvalue weighted by molar-refractivity contribution is 5.94. The lowest BCUT2D eigenvalue weighted by molar-refractivity contribution is -0.386. The van der Waals surface area contributed by atoms with Gasteiger partial charge in [0.2, 0.25) is 0 Å². The van der Waals surface area contributed by atoms with Gasteiger partial charge in [0.05, 0.1) is 4.92 Å². The predicted molar refractivity (Wildman–Crippen MR) is 77.4 cm³/mol. The zero-order valence-corrected chi connectivity index (χ0v) is 12.1. The average Bonchev–Trinajstić information content (AvgIpc) is 2.83. The van der Waals surface area contributed by atoms with Crippen molar-refractivity contribution in [3.05, 3.63) is 33.9 Å². The summed E-state index contributed by atoms with van der Waals surface area (Å²) in [6.07, 6.45) is 2.39. The zero-order chi connectivity index (χ0) is 15.6. The molecule has 0 saturated heterocycles. The van der Waals surface area contributed by atoms with Gasteiger partial charge in [-0.15, -0.1) is 0 Å². The number of nitro benzene ring substituents is 1. The van der Waals surface area contributed by atoms with Crippen LogP contribution in [0.1, 0.15) is 29.6 Å². The lowest BCUT2D eigenvalue weighted by Crippen LogP contribution is -2.33. The van der Waals surface area contributed by atoms with Gasteiger partial charge in [-0.2, -0.15) is 0 Å². The van der Waals surface area contributed by atoms with Crippen molar-refractivity contribution in [1.29, 1.82) is 0 Å². The van der Waals surface area contributed by atoms with E-state index in [-0.39, 0.29) is 35.1 Å². The van der Waals surface area contributed by atoms with Gasteiger partial charge in [-0.1, -0.05) is 0 Å². The van der Waals surface area contributed by atoms with Gasteiger partial charge in [-0.3, -0.25) is 14.9 Å². The summed E-state index contributed by atoms with van der Waals surface area (Å²) in [4.78, 5) is 23.9. The first-order valence-electron chi connectivity index (χ1n) is 6.82. The lowest BCUT2D eigenvalue weighted by Gasteiger charge is -2.18. The van der Waals surface area contributed by atoms with E-state index in [1.807, 2.05) is 0 Å². The highest BCUT2D eigenvalue weighted by atomic mass is 16.6. The number of carbonyl (C=O) groups excluding carboxylic acids is 1. The third-order valence-electron chi connectivity index (χ3n) is 3.59. The standard InChI is InChI=1S/C14H19N3O4/c1-16(2)14(18)9-6-7-13(11(8-9)17(19)20)21-12-5-3-4-10(12)15/h6-8,10,12H,3-5,15H2,1-2H3. The van der Waals surface area contributed by atoms with Gasteiger partial charge in [0.1, 0.15) is 6.10 Å². The molecule has 1 aromatic carbocycles. The highest BCUT2D eigenvalue weighted by Gasteiger charge is 2.28. The molecule has 0 aromatic heterocycles. The Balaban J connectivity index is 2.29. The van der Waals surface area contributed by atoms with E-state index in [9.17, 15) is 14.9 Å². The Hall–Kier alpha value is -2.15. The second kappa shape index (κ2) is 6.09. The van der Waals surface area contributed by atoms with Gasteiger partial charge in [0.25, 0.3) is 5.91 Å². The molecule has 114 valence electrons. The number of hydrogen-bond acceptors (Lipinski definition) is 5. The van der Waals surface area contributed by atoms with Gasteiger partial charge in [0.15, 0.2) is 5.75 Å². The topological polar surface area (TPSA) is 98.7 Å². The summed E-state index contributed by atoms with van der Waals surface area (Å²) in [7, 11) is 3.19. The maximum absolute atomic E-state index is 11.9. The van der Waals surface area contributed by atoms with Crippen LogP contribution in [-0.4, -0.2) is 42.0 Å². The molecule has 2 N–H and O–H groups in total. The summed E-state index contributed by atoms with van der Waals surface area (Å²) in [6.45, 7) is 0. The molecule has 0 spiro atoms. The first kappa shape index (κ1) is 15.2. The molecule has 2 atom stereocenters. The molecule has 0 heterocycles. The van der Waals surface area contributed by atoms with Gasteiger partial charge >= 0.3 is 5.69 Å². The molecular formula is C14H19N3O4. The van der Waals surface area contributed by atoms with Crippen LogP contribution in [0, 0.1) is 10.1 Å². The number of nitro groups is 1. The van der Waals surface area contributed by atoms with Crippen molar-refractivity contribution in [2.75, 3.05) is 14.1 Å². The van der Waals surface area contributed by atoms with Crippen LogP contribution in [0.3, 0.4) is 0 Å². The molecule has 0 radical (unpaired) electrons. The summed E-state index contributed by atoms with van der Waals surface area (Å²) >= 11 is 0. The molecule has 1 aliphatic carbocycles. The van der Waals surface area contributed by atoms with Gasteiger partial charge in [0, 0.05) is 31.8 Å². The Morgan fingerprint density at radius 2 is 2.14 bits per heavy atom. The largest absolute Gasteiger partial charge is 0.482 e. The molecular weight excluding hydrogens is 274 g/mol. The summed E-state index contributed by atoms with van der Waals surface area (Å²) in [5, 5.41) is 11.2. The first-order chi connectivity index (χ1) is 9.90. The third kappa shape index (κ3) is 3.30. The van der Waals surface area contributed by atoms with Gasteiger partial charge in [-0.25, -0.2) is 0 Å². The Labute approximate surface area is 122 Å². The predicted octanol–water partition coefficient (Wildman–Crippen LogP) is 1.56. The first-order valence-corrected chi connectivity index (χ1v) is 6.82. The lowest BCUT2D eigenvalue weighted by atomic mass is 10.1. The Bertz CT molecular complexity index is 559. The van der Waals surface area contributed by atoms with E-state index in [4.69, 9.17) is 10.5 Å². The number of amides is 1. The number of ether oxygens (including phenoxy) is 1. The summed E-state index contributed by atoms with van der Waals surface area (Å²) in [5.41, 5.74) is 5.97. The minimum Gasteiger partial charge on any atom is -0.482 e. The Morgan fingerprint density at radius 1 is 1.43 bits per heavy atom. The van der Waals surface area contributed by atoms with Crippen LogP contribution in [0.15, 0.2) is 18.2 Å². The number of rotatable bonds is 4. The van der Waals surface area contributed by atoms with E-state index >= 15 is 0 Å². The van der Waals surface area contributed by atoms with Gasteiger partial charge in [-0.05, 0) is 31.4 Å². The summed E-state index contributed by atoms with van der Waals surface area (Å²) < 4.78 is 5.68. The van der Waals surface area contributed by atoms with E-state index in [0.717, 1.165) is 19.3 Å². The summed E-state index contributed by atoms with van der Waals surface area (Å²) in [5.74, 6) is -0.125. The third-order valence-corrected chi connectivity index (χ3v) is 3.59. The molecule has 7 heteroatoms.